The third kappa shape index (κ3) is 4.57. The second-order valence-electron chi connectivity index (χ2n) is 9.27. The molecule has 5 rings (SSSR count). The molecule has 1 aliphatic heterocycles. The van der Waals surface area contributed by atoms with Gasteiger partial charge in [0.1, 0.15) is 5.52 Å². The number of amides is 1. The molecule has 186 valence electrons. The van der Waals surface area contributed by atoms with Gasteiger partial charge in [-0.05, 0) is 56.7 Å². The molecule has 10 heteroatoms. The Morgan fingerprint density at radius 1 is 1.14 bits per heavy atom. The van der Waals surface area contributed by atoms with Gasteiger partial charge in [0, 0.05) is 42.1 Å². The second-order valence-corrected chi connectivity index (χ2v) is 11.8. The molecule has 1 aliphatic rings. The highest BCUT2D eigenvalue weighted by atomic mass is 32.2. The number of anilines is 2. The van der Waals surface area contributed by atoms with Gasteiger partial charge in [0.25, 0.3) is 5.91 Å². The smallest absolute Gasteiger partial charge is 0.255 e. The summed E-state index contributed by atoms with van der Waals surface area (Å²) in [6.45, 7) is 5.04. The first-order chi connectivity index (χ1) is 17.2. The van der Waals surface area contributed by atoms with Crippen molar-refractivity contribution in [3.8, 4) is 11.3 Å². The van der Waals surface area contributed by atoms with E-state index in [4.69, 9.17) is 5.73 Å². The molecule has 0 aliphatic carbocycles. The van der Waals surface area contributed by atoms with Crippen LogP contribution in [0.4, 0.5) is 11.4 Å². The summed E-state index contributed by atoms with van der Waals surface area (Å²) in [5.41, 5.74) is 10.4. The first kappa shape index (κ1) is 24.0. The van der Waals surface area contributed by atoms with Crippen molar-refractivity contribution in [2.75, 3.05) is 23.3 Å². The first-order valence-electron chi connectivity index (χ1n) is 11.8. The zero-order valence-electron chi connectivity index (χ0n) is 20.1. The lowest BCUT2D eigenvalue weighted by Crippen LogP contribution is -2.26. The van der Waals surface area contributed by atoms with Gasteiger partial charge in [-0.25, -0.2) is 18.4 Å². The minimum absolute atomic E-state index is 0.187. The van der Waals surface area contributed by atoms with Crippen LogP contribution in [0, 0.1) is 0 Å². The molecule has 1 amide bonds. The fourth-order valence-electron chi connectivity index (χ4n) is 4.25. The molecule has 3 heterocycles. The number of H-pyrrole nitrogens is 1. The third-order valence-corrected chi connectivity index (χ3v) is 8.62. The van der Waals surface area contributed by atoms with E-state index in [0.29, 0.717) is 28.1 Å². The van der Waals surface area contributed by atoms with Crippen molar-refractivity contribution in [1.82, 2.24) is 15.0 Å². The van der Waals surface area contributed by atoms with E-state index in [2.05, 4.69) is 25.2 Å². The molecule has 2 aromatic heterocycles. The zero-order chi connectivity index (χ0) is 25.4. The van der Waals surface area contributed by atoms with Gasteiger partial charge in [-0.15, -0.1) is 0 Å². The summed E-state index contributed by atoms with van der Waals surface area (Å²) in [7, 11) is -3.36. The lowest BCUT2D eigenvalue weighted by molar-refractivity contribution is 0.102. The SMILES string of the molecule is CC(C)S(=O)(=O)c1ccc(-c2cnc3[nH]cc(NC(=O)c4ccc(N5CCC(N)C5)cc4)c3n2)cc1. The number of nitrogens with two attached hydrogens (primary N) is 1. The normalized spacial score (nSPS) is 16.1. The summed E-state index contributed by atoms with van der Waals surface area (Å²) in [5.74, 6) is -0.254. The maximum Gasteiger partial charge on any atom is 0.255 e. The zero-order valence-corrected chi connectivity index (χ0v) is 20.9. The standard InChI is InChI=1S/C26H28N6O3S/c1-16(2)36(34,35)21-9-5-17(6-10-21)22-13-28-25-24(30-22)23(14-29-25)31-26(33)18-3-7-20(8-4-18)32-12-11-19(27)15-32/h3-10,13-14,16,19H,11-12,15,27H2,1-2H3,(H,28,29)(H,31,33). The summed E-state index contributed by atoms with van der Waals surface area (Å²) >= 11 is 0. The Bertz CT molecular complexity index is 1510. The van der Waals surface area contributed by atoms with Gasteiger partial charge in [0.2, 0.25) is 0 Å². The van der Waals surface area contributed by atoms with Crippen molar-refractivity contribution in [3.05, 3.63) is 66.5 Å². The average Bonchev–Trinajstić information content (AvgIpc) is 3.50. The molecular weight excluding hydrogens is 476 g/mol. The Labute approximate surface area is 209 Å². The van der Waals surface area contributed by atoms with E-state index in [1.807, 2.05) is 12.1 Å². The quantitative estimate of drug-likeness (QED) is 0.365. The number of aromatic amines is 1. The van der Waals surface area contributed by atoms with Gasteiger partial charge in [0.15, 0.2) is 15.5 Å². The molecule has 1 unspecified atom stereocenters. The van der Waals surface area contributed by atoms with E-state index in [9.17, 15) is 13.2 Å². The van der Waals surface area contributed by atoms with E-state index in [1.54, 1.807) is 62.6 Å². The molecule has 2 aromatic carbocycles. The van der Waals surface area contributed by atoms with Crippen molar-refractivity contribution < 1.29 is 13.2 Å². The minimum atomic E-state index is -3.36. The third-order valence-electron chi connectivity index (χ3n) is 6.45. The van der Waals surface area contributed by atoms with E-state index in [-0.39, 0.29) is 16.8 Å². The van der Waals surface area contributed by atoms with Crippen molar-refractivity contribution in [2.24, 2.45) is 5.73 Å². The fraction of sp³-hybridized carbons (Fsp3) is 0.269. The monoisotopic (exact) mass is 504 g/mol. The topological polar surface area (TPSA) is 134 Å². The molecule has 0 saturated carbocycles. The average molecular weight is 505 g/mol. The van der Waals surface area contributed by atoms with E-state index < -0.39 is 15.1 Å². The minimum Gasteiger partial charge on any atom is -0.370 e. The Balaban J connectivity index is 1.35. The van der Waals surface area contributed by atoms with Crippen molar-refractivity contribution in [2.45, 2.75) is 36.5 Å². The first-order valence-corrected chi connectivity index (χ1v) is 13.4. The molecule has 0 radical (unpaired) electrons. The van der Waals surface area contributed by atoms with Crippen LogP contribution in [0.5, 0.6) is 0 Å². The number of nitrogens with one attached hydrogen (secondary N) is 2. The second kappa shape index (κ2) is 9.36. The van der Waals surface area contributed by atoms with Gasteiger partial charge in [-0.2, -0.15) is 0 Å². The van der Waals surface area contributed by atoms with Crippen LogP contribution in [0.1, 0.15) is 30.6 Å². The van der Waals surface area contributed by atoms with Gasteiger partial charge >= 0.3 is 0 Å². The lowest BCUT2D eigenvalue weighted by Gasteiger charge is -2.18. The number of benzene rings is 2. The number of sulfone groups is 1. The van der Waals surface area contributed by atoms with E-state index in [1.165, 1.54) is 0 Å². The van der Waals surface area contributed by atoms with Crippen LogP contribution < -0.4 is 16.0 Å². The molecule has 1 fully saturated rings. The number of hydrogen-bond acceptors (Lipinski definition) is 7. The number of carbonyl (C=O) groups excluding carboxylic acids is 1. The molecule has 0 spiro atoms. The largest absolute Gasteiger partial charge is 0.370 e. The highest BCUT2D eigenvalue weighted by Crippen LogP contribution is 2.26. The number of carbonyl (C=O) groups is 1. The number of nitrogens with zero attached hydrogens (tertiary/aromatic N) is 3. The highest BCUT2D eigenvalue weighted by molar-refractivity contribution is 7.92. The molecule has 0 bridgehead atoms. The van der Waals surface area contributed by atoms with Gasteiger partial charge < -0.3 is 20.9 Å². The van der Waals surface area contributed by atoms with Gasteiger partial charge in [-0.3, -0.25) is 4.79 Å². The summed E-state index contributed by atoms with van der Waals surface area (Å²) in [6, 6.07) is 14.2. The molecule has 9 nitrogen and oxygen atoms in total. The number of aromatic nitrogens is 3. The van der Waals surface area contributed by atoms with Crippen LogP contribution in [-0.2, 0) is 9.84 Å². The Morgan fingerprint density at radius 3 is 2.50 bits per heavy atom. The number of fused-ring (bicyclic) bond motifs is 1. The van der Waals surface area contributed by atoms with Gasteiger partial charge in [-0.1, -0.05) is 12.1 Å². The van der Waals surface area contributed by atoms with Crippen LogP contribution in [0.15, 0.2) is 65.8 Å². The molecular formula is C26H28N6O3S. The molecule has 4 N–H and O–H groups in total. The molecule has 4 aromatic rings. The highest BCUT2D eigenvalue weighted by Gasteiger charge is 2.21. The van der Waals surface area contributed by atoms with Crippen LogP contribution in [0.25, 0.3) is 22.4 Å². The van der Waals surface area contributed by atoms with Crippen LogP contribution >= 0.6 is 0 Å². The Kier molecular flexibility index (Phi) is 6.23. The number of hydrogen-bond donors (Lipinski definition) is 3. The van der Waals surface area contributed by atoms with Crippen molar-refractivity contribution in [3.63, 3.8) is 0 Å². The Morgan fingerprint density at radius 2 is 1.86 bits per heavy atom. The molecule has 1 saturated heterocycles. The predicted molar refractivity (Wildman–Crippen MR) is 141 cm³/mol. The van der Waals surface area contributed by atoms with E-state index in [0.717, 1.165) is 30.8 Å². The summed E-state index contributed by atoms with van der Waals surface area (Å²) < 4.78 is 24.8. The van der Waals surface area contributed by atoms with Crippen molar-refractivity contribution >= 4 is 38.3 Å². The van der Waals surface area contributed by atoms with E-state index >= 15 is 0 Å². The van der Waals surface area contributed by atoms with Crippen LogP contribution in [0.2, 0.25) is 0 Å². The lowest BCUT2D eigenvalue weighted by atomic mass is 10.1. The Hall–Kier alpha value is -3.76. The maximum atomic E-state index is 12.9. The fourth-order valence-corrected chi connectivity index (χ4v) is 5.31. The van der Waals surface area contributed by atoms with Crippen LogP contribution in [-0.4, -0.2) is 53.7 Å². The van der Waals surface area contributed by atoms with Crippen LogP contribution in [0.3, 0.4) is 0 Å². The maximum absolute atomic E-state index is 12.9. The molecule has 1 atom stereocenters. The summed E-state index contributed by atoms with van der Waals surface area (Å²) in [4.78, 5) is 27.5. The summed E-state index contributed by atoms with van der Waals surface area (Å²) in [5, 5.41) is 2.41. The van der Waals surface area contributed by atoms with Crippen molar-refractivity contribution in [1.29, 1.82) is 0 Å². The van der Waals surface area contributed by atoms with Gasteiger partial charge in [0.05, 0.1) is 27.7 Å². The predicted octanol–water partition coefficient (Wildman–Crippen LogP) is 3.60. The summed E-state index contributed by atoms with van der Waals surface area (Å²) in [6.07, 6.45) is 4.23. The number of rotatable bonds is 6. The molecule has 36 heavy (non-hydrogen) atoms.